The van der Waals surface area contributed by atoms with Gasteiger partial charge in [0, 0.05) is 44.4 Å². The Morgan fingerprint density at radius 3 is 2.10 bits per heavy atom. The molecule has 2 aromatic carbocycles. The lowest BCUT2D eigenvalue weighted by atomic mass is 9.97. The van der Waals surface area contributed by atoms with Crippen molar-refractivity contribution in [1.29, 1.82) is 0 Å². The van der Waals surface area contributed by atoms with Crippen LogP contribution in [-0.4, -0.2) is 60.3 Å². The smallest absolute Gasteiger partial charge is 0.328 e. The van der Waals surface area contributed by atoms with E-state index in [2.05, 4.69) is 64.8 Å². The number of nitrogens with zero attached hydrogens (tertiary/aromatic N) is 1. The summed E-state index contributed by atoms with van der Waals surface area (Å²) in [5.41, 5.74) is 2.81. The van der Waals surface area contributed by atoms with Crippen molar-refractivity contribution < 1.29 is 24.5 Å². The summed E-state index contributed by atoms with van der Waals surface area (Å²) < 4.78 is 5.30. The highest BCUT2D eigenvalue weighted by atomic mass is 16.5. The Morgan fingerprint density at radius 1 is 1.00 bits per heavy atom. The topological polar surface area (TPSA) is 99.1 Å². The fourth-order valence-corrected chi connectivity index (χ4v) is 3.47. The number of nitrogens with one attached hydrogen (secondary N) is 1. The van der Waals surface area contributed by atoms with E-state index in [1.807, 2.05) is 0 Å². The molecular formula is C24H30N2O5. The third kappa shape index (κ3) is 9.02. The van der Waals surface area contributed by atoms with Crippen molar-refractivity contribution in [3.63, 3.8) is 0 Å². The van der Waals surface area contributed by atoms with Crippen LogP contribution in [0.25, 0.3) is 0 Å². The van der Waals surface area contributed by atoms with Crippen LogP contribution in [0.1, 0.15) is 23.6 Å². The molecule has 166 valence electrons. The molecule has 1 saturated heterocycles. The third-order valence-corrected chi connectivity index (χ3v) is 5.01. The van der Waals surface area contributed by atoms with Crippen molar-refractivity contribution in [2.45, 2.75) is 18.9 Å². The van der Waals surface area contributed by atoms with Gasteiger partial charge in [-0.1, -0.05) is 42.5 Å². The Morgan fingerprint density at radius 2 is 1.58 bits per heavy atom. The molecule has 1 aliphatic rings. The standard InChI is InChI=1S/C20H26N2O.C4H4O4/c1-23-19-10-8-18(9-11-19)20(22-15-13-21-14-16-22)12-7-17-5-3-2-4-6-17;5-3(6)1-2-4(7)8/h2-6,8-11,20-21H,7,12-16H2,1H3;1-2H,(H,5,6)(H,7,8)/b;2-1+. The second kappa shape index (κ2) is 13.2. The maximum Gasteiger partial charge on any atom is 0.328 e. The number of carbonyl (C=O) groups is 2. The molecule has 1 atom stereocenters. The number of benzene rings is 2. The molecule has 1 aliphatic heterocycles. The SMILES string of the molecule is COc1ccc(C(CCc2ccccc2)N2CCNCC2)cc1.O=C(O)/C=C/C(=O)O. The molecule has 1 fully saturated rings. The molecule has 3 rings (SSSR count). The molecule has 0 aliphatic carbocycles. The lowest BCUT2D eigenvalue weighted by Crippen LogP contribution is -2.45. The molecule has 0 saturated carbocycles. The summed E-state index contributed by atoms with van der Waals surface area (Å²) in [5, 5.41) is 19.1. The van der Waals surface area contributed by atoms with E-state index in [1.165, 1.54) is 11.1 Å². The normalized spacial score (nSPS) is 15.0. The lowest BCUT2D eigenvalue weighted by Gasteiger charge is -2.35. The van der Waals surface area contributed by atoms with Gasteiger partial charge in [-0.25, -0.2) is 9.59 Å². The zero-order valence-corrected chi connectivity index (χ0v) is 17.7. The molecule has 1 heterocycles. The largest absolute Gasteiger partial charge is 0.497 e. The predicted molar refractivity (Wildman–Crippen MR) is 119 cm³/mol. The fraction of sp³-hybridized carbons (Fsp3) is 0.333. The third-order valence-electron chi connectivity index (χ3n) is 5.01. The van der Waals surface area contributed by atoms with Gasteiger partial charge < -0.3 is 20.3 Å². The molecule has 1 unspecified atom stereocenters. The summed E-state index contributed by atoms with van der Waals surface area (Å²) in [5.74, 6) is -1.59. The lowest BCUT2D eigenvalue weighted by molar-refractivity contribution is -0.134. The van der Waals surface area contributed by atoms with Crippen LogP contribution in [0.2, 0.25) is 0 Å². The molecule has 0 spiro atoms. The zero-order chi connectivity index (χ0) is 22.5. The van der Waals surface area contributed by atoms with E-state index < -0.39 is 11.9 Å². The van der Waals surface area contributed by atoms with Gasteiger partial charge in [0.15, 0.2) is 0 Å². The van der Waals surface area contributed by atoms with E-state index in [0.717, 1.165) is 44.8 Å². The van der Waals surface area contributed by atoms with E-state index in [-0.39, 0.29) is 0 Å². The summed E-state index contributed by atoms with van der Waals surface area (Å²) in [4.78, 5) is 21.7. The van der Waals surface area contributed by atoms with Gasteiger partial charge in [0.05, 0.1) is 7.11 Å². The average molecular weight is 427 g/mol. The van der Waals surface area contributed by atoms with Crippen molar-refractivity contribution in [3.05, 3.63) is 77.9 Å². The molecular weight excluding hydrogens is 396 g/mol. The van der Waals surface area contributed by atoms with E-state index >= 15 is 0 Å². The molecule has 7 nitrogen and oxygen atoms in total. The first-order valence-corrected chi connectivity index (χ1v) is 10.3. The highest BCUT2D eigenvalue weighted by Gasteiger charge is 2.22. The average Bonchev–Trinajstić information content (AvgIpc) is 2.80. The summed E-state index contributed by atoms with van der Waals surface area (Å²) >= 11 is 0. The van der Waals surface area contributed by atoms with Crippen molar-refractivity contribution in [1.82, 2.24) is 10.2 Å². The minimum atomic E-state index is -1.26. The Bertz CT molecular complexity index is 815. The quantitative estimate of drug-likeness (QED) is 0.558. The number of hydrogen-bond acceptors (Lipinski definition) is 5. The summed E-state index contributed by atoms with van der Waals surface area (Å²) in [6.45, 7) is 4.40. The summed E-state index contributed by atoms with van der Waals surface area (Å²) in [7, 11) is 1.72. The molecule has 7 heteroatoms. The Labute approximate surface area is 183 Å². The number of carboxylic acid groups (broad SMARTS) is 2. The van der Waals surface area contributed by atoms with Crippen molar-refractivity contribution in [2.24, 2.45) is 0 Å². The van der Waals surface area contributed by atoms with Crippen LogP contribution < -0.4 is 10.1 Å². The van der Waals surface area contributed by atoms with Gasteiger partial charge >= 0.3 is 11.9 Å². The highest BCUT2D eigenvalue weighted by molar-refractivity contribution is 5.89. The molecule has 0 aromatic heterocycles. The molecule has 0 bridgehead atoms. The van der Waals surface area contributed by atoms with E-state index in [1.54, 1.807) is 7.11 Å². The number of ether oxygens (including phenoxy) is 1. The van der Waals surface area contributed by atoms with Crippen LogP contribution in [0, 0.1) is 0 Å². The van der Waals surface area contributed by atoms with Crippen molar-refractivity contribution in [3.8, 4) is 5.75 Å². The molecule has 0 amide bonds. The first-order chi connectivity index (χ1) is 15.0. The minimum absolute atomic E-state index is 0.475. The fourth-order valence-electron chi connectivity index (χ4n) is 3.47. The van der Waals surface area contributed by atoms with Crippen LogP contribution in [0.3, 0.4) is 0 Å². The zero-order valence-electron chi connectivity index (χ0n) is 17.7. The van der Waals surface area contributed by atoms with Gasteiger partial charge in [0.2, 0.25) is 0 Å². The molecule has 31 heavy (non-hydrogen) atoms. The number of hydrogen-bond donors (Lipinski definition) is 3. The molecule has 0 radical (unpaired) electrons. The van der Waals surface area contributed by atoms with Gasteiger partial charge in [-0.2, -0.15) is 0 Å². The Hall–Kier alpha value is -3.16. The number of rotatable bonds is 8. The van der Waals surface area contributed by atoms with E-state index in [0.29, 0.717) is 18.2 Å². The van der Waals surface area contributed by atoms with Crippen LogP contribution in [0.15, 0.2) is 66.7 Å². The summed E-state index contributed by atoms with van der Waals surface area (Å²) in [6.07, 6.45) is 3.38. The van der Waals surface area contributed by atoms with Gasteiger partial charge in [-0.3, -0.25) is 4.90 Å². The van der Waals surface area contributed by atoms with Crippen LogP contribution in [-0.2, 0) is 16.0 Å². The van der Waals surface area contributed by atoms with Gasteiger partial charge in [0.1, 0.15) is 5.75 Å². The van der Waals surface area contributed by atoms with Gasteiger partial charge in [-0.05, 0) is 36.1 Å². The first kappa shape index (κ1) is 24.1. The maximum absolute atomic E-state index is 9.55. The van der Waals surface area contributed by atoms with Crippen LogP contribution >= 0.6 is 0 Å². The summed E-state index contributed by atoms with van der Waals surface area (Å²) in [6, 6.07) is 19.9. The maximum atomic E-state index is 9.55. The number of aryl methyl sites for hydroxylation is 1. The number of piperazine rings is 1. The Balaban J connectivity index is 0.000000366. The van der Waals surface area contributed by atoms with Gasteiger partial charge in [0.25, 0.3) is 0 Å². The first-order valence-electron chi connectivity index (χ1n) is 10.3. The Kier molecular flexibility index (Phi) is 10.3. The monoisotopic (exact) mass is 426 g/mol. The second-order valence-electron chi connectivity index (χ2n) is 7.11. The number of methoxy groups -OCH3 is 1. The highest BCUT2D eigenvalue weighted by Crippen LogP contribution is 2.28. The predicted octanol–water partition coefficient (Wildman–Crippen LogP) is 2.99. The second-order valence-corrected chi connectivity index (χ2v) is 7.11. The van der Waals surface area contributed by atoms with Gasteiger partial charge in [-0.15, -0.1) is 0 Å². The molecule has 3 N–H and O–H groups in total. The number of aliphatic carboxylic acids is 2. The van der Waals surface area contributed by atoms with Crippen LogP contribution in [0.5, 0.6) is 5.75 Å². The molecule has 2 aromatic rings. The van der Waals surface area contributed by atoms with E-state index in [9.17, 15) is 9.59 Å². The minimum Gasteiger partial charge on any atom is -0.497 e. The van der Waals surface area contributed by atoms with Crippen molar-refractivity contribution in [2.75, 3.05) is 33.3 Å². The van der Waals surface area contributed by atoms with Crippen molar-refractivity contribution >= 4 is 11.9 Å². The number of carboxylic acids is 2. The van der Waals surface area contributed by atoms with E-state index in [4.69, 9.17) is 14.9 Å². The van der Waals surface area contributed by atoms with Crippen LogP contribution in [0.4, 0.5) is 0 Å².